The second-order valence-electron chi connectivity index (χ2n) is 8.17. The van der Waals surface area contributed by atoms with Gasteiger partial charge in [0.2, 0.25) is 5.69 Å². The number of pyridine rings is 2. The molecule has 1 aliphatic carbocycles. The Kier molecular flexibility index (Phi) is 2.19. The first kappa shape index (κ1) is 11.2. The minimum Gasteiger partial charge on any atom is -0.454 e. The Morgan fingerprint density at radius 1 is 0.968 bits per heavy atom. The molecule has 0 saturated heterocycles. The van der Waals surface area contributed by atoms with Crippen molar-refractivity contribution in [3.63, 3.8) is 0 Å². The molecule has 3 nitrogen and oxygen atoms in total. The Morgan fingerprint density at radius 2 is 1.81 bits per heavy atom. The van der Waals surface area contributed by atoms with Crippen molar-refractivity contribution in [1.29, 1.82) is 0 Å². The monoisotopic (exact) mass is 414 g/mol. The smallest absolute Gasteiger partial charge is 0.216 e. The van der Waals surface area contributed by atoms with Crippen LogP contribution in [0.1, 0.15) is 48.4 Å². The first-order valence-corrected chi connectivity index (χ1v) is 10.0. The van der Waals surface area contributed by atoms with E-state index in [0.29, 0.717) is 27.7 Å². The lowest BCUT2D eigenvalue weighted by Crippen LogP contribution is -2.31. The van der Waals surface area contributed by atoms with Crippen LogP contribution in [0.15, 0.2) is 65.3 Å². The van der Waals surface area contributed by atoms with Gasteiger partial charge in [0, 0.05) is 51.9 Å². The molecule has 5 aromatic rings. The van der Waals surface area contributed by atoms with Gasteiger partial charge in [0.05, 0.1) is 11.3 Å². The third-order valence-corrected chi connectivity index (χ3v) is 6.24. The number of hydrogen-bond acceptors (Lipinski definition) is 2. The van der Waals surface area contributed by atoms with Crippen molar-refractivity contribution in [2.24, 2.45) is 7.05 Å². The van der Waals surface area contributed by atoms with Crippen molar-refractivity contribution in [1.82, 2.24) is 4.98 Å². The highest BCUT2D eigenvalue weighted by atomic mass is 16.3. The number of aryl methyl sites for hydroxylation is 3. The zero-order valence-corrected chi connectivity index (χ0v) is 17.1. The highest BCUT2D eigenvalue weighted by Gasteiger charge is 2.39. The third kappa shape index (κ3) is 2.35. The van der Waals surface area contributed by atoms with Crippen LogP contribution in [0, 0.1) is 13.8 Å². The average molecular weight is 415 g/mol. The van der Waals surface area contributed by atoms with E-state index in [1.807, 2.05) is 19.1 Å². The molecule has 0 atom stereocenters. The van der Waals surface area contributed by atoms with Crippen molar-refractivity contribution in [3.8, 4) is 22.4 Å². The van der Waals surface area contributed by atoms with Crippen LogP contribution in [0.2, 0.25) is 0 Å². The van der Waals surface area contributed by atoms with E-state index in [1.54, 1.807) is 54.2 Å². The molecule has 0 amide bonds. The van der Waals surface area contributed by atoms with Crippen molar-refractivity contribution in [3.05, 3.63) is 83.3 Å². The second-order valence-corrected chi connectivity index (χ2v) is 8.17. The first-order chi connectivity index (χ1) is 18.6. The number of hydrogen-bond donors (Lipinski definition) is 0. The van der Waals surface area contributed by atoms with Gasteiger partial charge in [-0.3, -0.25) is 4.98 Å². The van der Waals surface area contributed by atoms with Gasteiger partial charge in [0.1, 0.15) is 18.2 Å². The number of aromatic nitrogens is 2. The number of benzene rings is 2. The number of furan rings is 1. The quantitative estimate of drug-likeness (QED) is 0.297. The van der Waals surface area contributed by atoms with Crippen LogP contribution in [-0.2, 0) is 12.5 Å². The fourth-order valence-electron chi connectivity index (χ4n) is 4.77. The van der Waals surface area contributed by atoms with E-state index in [4.69, 9.17) is 16.8 Å². The molecule has 0 bridgehead atoms. The Bertz CT molecular complexity index is 1830. The summed E-state index contributed by atoms with van der Waals surface area (Å²) in [5, 5.41) is 1.35. The second kappa shape index (κ2) is 6.04. The summed E-state index contributed by atoms with van der Waals surface area (Å²) >= 11 is 0. The molecule has 2 aromatic carbocycles. The highest BCUT2D eigenvalue weighted by molar-refractivity contribution is 6.14. The van der Waals surface area contributed by atoms with E-state index in [0.717, 1.165) is 22.2 Å². The first-order valence-electron chi connectivity index (χ1n) is 14.5. The molecule has 3 aromatic heterocycles. The van der Waals surface area contributed by atoms with Crippen LogP contribution >= 0.6 is 0 Å². The van der Waals surface area contributed by atoms with Gasteiger partial charge >= 0.3 is 0 Å². The van der Waals surface area contributed by atoms with E-state index >= 15 is 0 Å². The van der Waals surface area contributed by atoms with Crippen LogP contribution in [0.25, 0.3) is 44.3 Å². The fourth-order valence-corrected chi connectivity index (χ4v) is 4.77. The molecular formula is C28H25N2O+. The van der Waals surface area contributed by atoms with Crippen molar-refractivity contribution in [2.45, 2.75) is 32.9 Å². The Hall–Kier alpha value is -3.46. The average Bonchev–Trinajstić information content (AvgIpc) is 3.37. The molecule has 0 unspecified atom stereocenters. The molecule has 1 aliphatic rings. The Labute approximate surface area is 194 Å². The van der Waals surface area contributed by atoms with Gasteiger partial charge in [-0.05, 0) is 36.5 Å². The Morgan fingerprint density at radius 3 is 2.61 bits per heavy atom. The summed E-state index contributed by atoms with van der Waals surface area (Å²) in [6, 6.07) is 13.8. The number of fused-ring (bicyclic) bond motifs is 7. The molecule has 0 fully saturated rings. The molecule has 0 saturated carbocycles. The molecule has 0 N–H and O–H groups in total. The van der Waals surface area contributed by atoms with E-state index in [9.17, 15) is 0 Å². The minimum absolute atomic E-state index is 0.0499. The van der Waals surface area contributed by atoms with Crippen LogP contribution in [0.4, 0.5) is 0 Å². The lowest BCUT2D eigenvalue weighted by molar-refractivity contribution is -0.660. The van der Waals surface area contributed by atoms with Gasteiger partial charge in [-0.2, -0.15) is 0 Å². The molecule has 3 heterocycles. The van der Waals surface area contributed by atoms with Crippen LogP contribution in [-0.4, -0.2) is 4.98 Å². The summed E-state index contributed by atoms with van der Waals surface area (Å²) in [5.74, 6) is 0. The Balaban J connectivity index is 1.72. The van der Waals surface area contributed by atoms with E-state index in [-0.39, 0.29) is 16.8 Å². The maximum atomic E-state index is 8.43. The van der Waals surface area contributed by atoms with Gasteiger partial charge < -0.3 is 4.42 Å². The molecular weight excluding hydrogens is 380 g/mol. The molecule has 0 radical (unpaired) electrons. The highest BCUT2D eigenvalue weighted by Crippen LogP contribution is 2.51. The summed E-state index contributed by atoms with van der Waals surface area (Å²) in [7, 11) is 1.77. The van der Waals surface area contributed by atoms with Gasteiger partial charge in [-0.25, -0.2) is 4.57 Å². The van der Waals surface area contributed by atoms with Crippen molar-refractivity contribution in [2.75, 3.05) is 0 Å². The zero-order valence-electron chi connectivity index (χ0n) is 26.1. The SMILES string of the molecule is [2H]C([2H])([2H])c1ccc(-c2c(C)ccc3c2oc2c4c(ncc23)C(C([2H])([2H])[2H])(C([2H])([2H])[2H])c2ccccc2-4)[n+](C)c1. The van der Waals surface area contributed by atoms with Crippen LogP contribution < -0.4 is 4.57 Å². The summed E-state index contributed by atoms with van der Waals surface area (Å²) in [6.07, 6.45) is 3.06. The maximum absolute atomic E-state index is 8.43. The summed E-state index contributed by atoms with van der Waals surface area (Å²) in [4.78, 5) is 4.54. The summed E-state index contributed by atoms with van der Waals surface area (Å²) in [5.41, 5.74) is 2.05. The lowest BCUT2D eigenvalue weighted by Gasteiger charge is -2.19. The van der Waals surface area contributed by atoms with Crippen molar-refractivity contribution >= 4 is 21.9 Å². The normalized spacial score (nSPS) is 19.7. The van der Waals surface area contributed by atoms with Crippen LogP contribution in [0.5, 0.6) is 0 Å². The zero-order chi connectivity index (χ0) is 29.0. The topological polar surface area (TPSA) is 29.9 Å². The van der Waals surface area contributed by atoms with Gasteiger partial charge in [0.25, 0.3) is 0 Å². The molecule has 0 aliphatic heterocycles. The molecule has 31 heavy (non-hydrogen) atoms. The fraction of sp³-hybridized carbons (Fsp3) is 0.214. The summed E-state index contributed by atoms with van der Waals surface area (Å²) < 4.78 is 82.1. The summed E-state index contributed by atoms with van der Waals surface area (Å²) in [6.45, 7) is -6.18. The lowest BCUT2D eigenvalue weighted by atomic mass is 9.85. The van der Waals surface area contributed by atoms with E-state index < -0.39 is 26.0 Å². The molecule has 152 valence electrons. The largest absolute Gasteiger partial charge is 0.454 e. The van der Waals surface area contributed by atoms with Gasteiger partial charge in [-0.15, -0.1) is 0 Å². The molecule has 6 rings (SSSR count). The number of nitrogens with zero attached hydrogens (tertiary/aromatic N) is 2. The van der Waals surface area contributed by atoms with E-state index in [1.165, 1.54) is 6.20 Å². The van der Waals surface area contributed by atoms with Crippen molar-refractivity contribution < 1.29 is 21.3 Å². The van der Waals surface area contributed by atoms with Gasteiger partial charge in [0.15, 0.2) is 6.20 Å². The predicted molar refractivity (Wildman–Crippen MR) is 125 cm³/mol. The van der Waals surface area contributed by atoms with Crippen LogP contribution in [0.3, 0.4) is 0 Å². The van der Waals surface area contributed by atoms with E-state index in [2.05, 4.69) is 4.98 Å². The van der Waals surface area contributed by atoms with Gasteiger partial charge in [-0.1, -0.05) is 50.1 Å². The third-order valence-electron chi connectivity index (χ3n) is 6.24. The molecule has 0 spiro atoms. The molecule has 3 heteroatoms. The minimum atomic E-state index is -2.92. The predicted octanol–water partition coefficient (Wildman–Crippen LogP) is 6.40. The standard InChI is InChI=1S/C28H25N2O/c1-16-10-13-22(30(5)15-16)23-17(2)11-12-18-20-14-29-27-24(26(20)31-25(18)23)19-8-6-7-9-21(19)28(27,3)4/h6-15H,1-5H3/q+1/i1D3,3D3,4D3. The number of rotatable bonds is 1. The maximum Gasteiger partial charge on any atom is 0.216 e.